The number of H-pyrrole nitrogens is 1. The standard InChI is InChI=1S/C9H12N2S/c1-2-8-10-7(6-3-4-6)5-9(12)11-8/h5-6H,2-4H2,1H3,(H,10,11,12). The molecule has 0 bridgehead atoms. The fourth-order valence-corrected chi connectivity index (χ4v) is 1.55. The van der Waals surface area contributed by atoms with Crippen LogP contribution in [0.15, 0.2) is 6.07 Å². The summed E-state index contributed by atoms with van der Waals surface area (Å²) in [4.78, 5) is 7.54. The van der Waals surface area contributed by atoms with Gasteiger partial charge in [0.15, 0.2) is 0 Å². The Kier molecular flexibility index (Phi) is 1.97. The molecule has 12 heavy (non-hydrogen) atoms. The monoisotopic (exact) mass is 180 g/mol. The van der Waals surface area contributed by atoms with Crippen LogP contribution in [0, 0.1) is 4.64 Å². The highest BCUT2D eigenvalue weighted by Gasteiger charge is 2.24. The lowest BCUT2D eigenvalue weighted by Crippen LogP contribution is -1.96. The first-order chi connectivity index (χ1) is 5.79. The van der Waals surface area contributed by atoms with Gasteiger partial charge < -0.3 is 4.98 Å². The van der Waals surface area contributed by atoms with E-state index in [1.54, 1.807) is 0 Å². The number of aryl methyl sites for hydroxylation is 1. The van der Waals surface area contributed by atoms with Crippen molar-refractivity contribution in [1.29, 1.82) is 0 Å². The lowest BCUT2D eigenvalue weighted by atomic mass is 10.3. The third-order valence-electron chi connectivity index (χ3n) is 2.16. The van der Waals surface area contributed by atoms with Gasteiger partial charge in [-0.25, -0.2) is 4.98 Å². The molecule has 0 atom stereocenters. The fourth-order valence-electron chi connectivity index (χ4n) is 1.31. The van der Waals surface area contributed by atoms with Crippen molar-refractivity contribution in [2.45, 2.75) is 32.1 Å². The Morgan fingerprint density at radius 2 is 2.42 bits per heavy atom. The summed E-state index contributed by atoms with van der Waals surface area (Å²) in [5.74, 6) is 1.75. The number of aromatic amines is 1. The first-order valence-electron chi connectivity index (χ1n) is 4.39. The van der Waals surface area contributed by atoms with Crippen LogP contribution >= 0.6 is 12.2 Å². The largest absolute Gasteiger partial charge is 0.347 e. The zero-order valence-corrected chi connectivity index (χ0v) is 7.95. The minimum Gasteiger partial charge on any atom is -0.347 e. The van der Waals surface area contributed by atoms with Crippen LogP contribution in [0.4, 0.5) is 0 Å². The second-order valence-electron chi connectivity index (χ2n) is 3.25. The zero-order valence-electron chi connectivity index (χ0n) is 7.13. The average molecular weight is 180 g/mol. The van der Waals surface area contributed by atoms with Gasteiger partial charge in [0.2, 0.25) is 0 Å². The number of nitrogens with one attached hydrogen (secondary N) is 1. The second kappa shape index (κ2) is 2.98. The van der Waals surface area contributed by atoms with Gasteiger partial charge in [0, 0.05) is 12.1 Å². The summed E-state index contributed by atoms with van der Waals surface area (Å²) in [7, 11) is 0. The SMILES string of the molecule is CCc1nc(=S)cc(C2CC2)[nH]1. The number of hydrogen-bond acceptors (Lipinski definition) is 2. The van der Waals surface area contributed by atoms with Crippen LogP contribution in [-0.4, -0.2) is 9.97 Å². The molecule has 0 spiro atoms. The van der Waals surface area contributed by atoms with Crippen LogP contribution in [-0.2, 0) is 6.42 Å². The van der Waals surface area contributed by atoms with Crippen LogP contribution in [0.5, 0.6) is 0 Å². The van der Waals surface area contributed by atoms with Crippen molar-refractivity contribution in [1.82, 2.24) is 9.97 Å². The Hall–Kier alpha value is -0.700. The van der Waals surface area contributed by atoms with Gasteiger partial charge in [-0.1, -0.05) is 19.1 Å². The Labute approximate surface area is 77.0 Å². The Morgan fingerprint density at radius 3 is 3.00 bits per heavy atom. The third-order valence-corrected chi connectivity index (χ3v) is 2.37. The highest BCUT2D eigenvalue weighted by molar-refractivity contribution is 7.71. The van der Waals surface area contributed by atoms with Crippen molar-refractivity contribution < 1.29 is 0 Å². The number of nitrogens with zero attached hydrogens (tertiary/aromatic N) is 1. The van der Waals surface area contributed by atoms with Gasteiger partial charge in [-0.05, 0) is 24.8 Å². The van der Waals surface area contributed by atoms with Crippen LogP contribution in [0.1, 0.15) is 37.2 Å². The molecule has 1 saturated carbocycles. The molecule has 0 aliphatic heterocycles. The first kappa shape index (κ1) is 7.92. The van der Waals surface area contributed by atoms with Gasteiger partial charge >= 0.3 is 0 Å². The van der Waals surface area contributed by atoms with Gasteiger partial charge in [-0.2, -0.15) is 0 Å². The average Bonchev–Trinajstić information content (AvgIpc) is 2.85. The minimum atomic E-state index is 0.729. The van der Waals surface area contributed by atoms with E-state index in [1.807, 2.05) is 6.07 Å². The van der Waals surface area contributed by atoms with Crippen molar-refractivity contribution >= 4 is 12.2 Å². The van der Waals surface area contributed by atoms with E-state index in [1.165, 1.54) is 18.5 Å². The van der Waals surface area contributed by atoms with Gasteiger partial charge in [-0.3, -0.25) is 0 Å². The van der Waals surface area contributed by atoms with E-state index in [0.29, 0.717) is 0 Å². The molecule has 1 N–H and O–H groups in total. The third kappa shape index (κ3) is 1.55. The number of rotatable bonds is 2. The van der Waals surface area contributed by atoms with E-state index in [4.69, 9.17) is 12.2 Å². The topological polar surface area (TPSA) is 28.7 Å². The van der Waals surface area contributed by atoms with Crippen molar-refractivity contribution in [2.24, 2.45) is 0 Å². The van der Waals surface area contributed by atoms with E-state index in [2.05, 4.69) is 16.9 Å². The van der Waals surface area contributed by atoms with Crippen molar-refractivity contribution in [3.63, 3.8) is 0 Å². The summed E-state index contributed by atoms with van der Waals surface area (Å²) in [5, 5.41) is 0. The second-order valence-corrected chi connectivity index (χ2v) is 3.67. The lowest BCUT2D eigenvalue weighted by molar-refractivity contribution is 0.876. The zero-order chi connectivity index (χ0) is 8.55. The molecule has 2 rings (SSSR count). The van der Waals surface area contributed by atoms with Gasteiger partial charge in [-0.15, -0.1) is 0 Å². The lowest BCUT2D eigenvalue weighted by Gasteiger charge is -2.01. The Morgan fingerprint density at radius 1 is 1.67 bits per heavy atom. The maximum absolute atomic E-state index is 5.07. The van der Waals surface area contributed by atoms with Gasteiger partial charge in [0.05, 0.1) is 0 Å². The van der Waals surface area contributed by atoms with Crippen LogP contribution < -0.4 is 0 Å². The highest BCUT2D eigenvalue weighted by atomic mass is 32.1. The normalized spacial score (nSPS) is 16.4. The van der Waals surface area contributed by atoms with Gasteiger partial charge in [0.1, 0.15) is 10.5 Å². The van der Waals surface area contributed by atoms with E-state index >= 15 is 0 Å². The summed E-state index contributed by atoms with van der Waals surface area (Å²) in [6.45, 7) is 2.09. The van der Waals surface area contributed by atoms with Crippen LogP contribution in [0.25, 0.3) is 0 Å². The fraction of sp³-hybridized carbons (Fsp3) is 0.556. The smallest absolute Gasteiger partial charge is 0.129 e. The van der Waals surface area contributed by atoms with Gasteiger partial charge in [0.25, 0.3) is 0 Å². The number of aromatic nitrogens is 2. The maximum Gasteiger partial charge on any atom is 0.129 e. The molecule has 0 radical (unpaired) electrons. The number of hydrogen-bond donors (Lipinski definition) is 1. The molecule has 0 saturated heterocycles. The molecular formula is C9H12N2S. The quantitative estimate of drug-likeness (QED) is 0.709. The molecule has 1 heterocycles. The summed E-state index contributed by atoms with van der Waals surface area (Å²) < 4.78 is 0.729. The first-order valence-corrected chi connectivity index (χ1v) is 4.80. The predicted molar refractivity (Wildman–Crippen MR) is 50.8 cm³/mol. The Balaban J connectivity index is 2.41. The molecule has 1 aromatic rings. The van der Waals surface area contributed by atoms with Crippen molar-refractivity contribution in [2.75, 3.05) is 0 Å². The molecule has 0 unspecified atom stereocenters. The summed E-state index contributed by atoms with van der Waals surface area (Å²) in [6.07, 6.45) is 3.54. The molecule has 0 aromatic carbocycles. The summed E-state index contributed by atoms with van der Waals surface area (Å²) in [5.41, 5.74) is 1.28. The molecule has 2 nitrogen and oxygen atoms in total. The van der Waals surface area contributed by atoms with Crippen LogP contribution in [0.3, 0.4) is 0 Å². The maximum atomic E-state index is 5.07. The van der Waals surface area contributed by atoms with Crippen molar-refractivity contribution in [3.8, 4) is 0 Å². The van der Waals surface area contributed by atoms with E-state index in [-0.39, 0.29) is 0 Å². The summed E-state index contributed by atoms with van der Waals surface area (Å²) in [6, 6.07) is 1.99. The molecule has 1 aromatic heterocycles. The molecular weight excluding hydrogens is 168 g/mol. The molecule has 0 amide bonds. The molecule has 3 heteroatoms. The van der Waals surface area contributed by atoms with E-state index in [9.17, 15) is 0 Å². The Bertz CT molecular complexity index is 339. The van der Waals surface area contributed by atoms with E-state index in [0.717, 1.165) is 22.8 Å². The molecule has 64 valence electrons. The predicted octanol–water partition coefficient (Wildman–Crippen LogP) is 2.58. The van der Waals surface area contributed by atoms with E-state index < -0.39 is 0 Å². The van der Waals surface area contributed by atoms with Crippen LogP contribution in [0.2, 0.25) is 0 Å². The summed E-state index contributed by atoms with van der Waals surface area (Å²) >= 11 is 5.07. The molecule has 1 aliphatic carbocycles. The van der Waals surface area contributed by atoms with Crippen molar-refractivity contribution in [3.05, 3.63) is 22.2 Å². The highest BCUT2D eigenvalue weighted by Crippen LogP contribution is 2.38. The molecule has 1 aliphatic rings. The molecule has 1 fully saturated rings. The minimum absolute atomic E-state index is 0.729.